The Labute approximate surface area is 131 Å². The molecule has 23 heavy (non-hydrogen) atoms. The fourth-order valence-electron chi connectivity index (χ4n) is 1.95. The van der Waals surface area contributed by atoms with Gasteiger partial charge in [0, 0.05) is 5.56 Å². The predicted molar refractivity (Wildman–Crippen MR) is 77.4 cm³/mol. The summed E-state index contributed by atoms with van der Waals surface area (Å²) in [6, 6.07) is 1.21. The largest absolute Gasteiger partial charge is 0.481 e. The van der Waals surface area contributed by atoms with Crippen LogP contribution in [0.15, 0.2) is 6.07 Å². The lowest BCUT2D eigenvalue weighted by atomic mass is 9.98. The molecule has 0 unspecified atom stereocenters. The standard InChI is InChI=1S/C15H16O8/c1-7-14(22-5-12(18)19)10(8(2)16)4-11(9(3)17)15(7)23-6-13(20)21/h4H,5-6H2,1-3H3,(H,18,19)(H,20,21). The predicted octanol–water partition coefficient (Wildman–Crippen LogP) is 1.33. The molecule has 8 heteroatoms. The molecule has 0 atom stereocenters. The Hall–Kier alpha value is -2.90. The number of Topliss-reactive ketones (excluding diaryl/α,β-unsaturated/α-hetero) is 2. The molecule has 1 aromatic carbocycles. The SMILES string of the molecule is CC(=O)c1cc(C(C)=O)c(OCC(=O)O)c(C)c1OCC(=O)O. The van der Waals surface area contributed by atoms with Gasteiger partial charge in [-0.15, -0.1) is 0 Å². The number of aliphatic carboxylic acids is 2. The Morgan fingerprint density at radius 1 is 0.870 bits per heavy atom. The molecule has 0 saturated carbocycles. The Morgan fingerprint density at radius 2 is 1.22 bits per heavy atom. The quantitative estimate of drug-likeness (QED) is 0.685. The van der Waals surface area contributed by atoms with Crippen molar-refractivity contribution in [1.29, 1.82) is 0 Å². The molecule has 0 amide bonds. The van der Waals surface area contributed by atoms with E-state index in [2.05, 4.69) is 0 Å². The normalized spacial score (nSPS) is 10.0. The van der Waals surface area contributed by atoms with E-state index in [1.54, 1.807) is 0 Å². The molecule has 0 aromatic heterocycles. The first-order valence-corrected chi connectivity index (χ1v) is 6.53. The molecule has 0 bridgehead atoms. The Kier molecular flexibility index (Phi) is 5.83. The van der Waals surface area contributed by atoms with Gasteiger partial charge >= 0.3 is 11.9 Å². The van der Waals surface area contributed by atoms with Crippen molar-refractivity contribution in [3.63, 3.8) is 0 Å². The summed E-state index contributed by atoms with van der Waals surface area (Å²) < 4.78 is 10.2. The third kappa shape index (κ3) is 4.53. The Bertz CT molecular complexity index is 620. The molecule has 2 N–H and O–H groups in total. The topological polar surface area (TPSA) is 127 Å². The van der Waals surface area contributed by atoms with Crippen LogP contribution in [-0.4, -0.2) is 46.9 Å². The van der Waals surface area contributed by atoms with Gasteiger partial charge in [-0.05, 0) is 26.8 Å². The van der Waals surface area contributed by atoms with Gasteiger partial charge in [0.05, 0.1) is 11.1 Å². The third-order valence-corrected chi connectivity index (χ3v) is 2.90. The van der Waals surface area contributed by atoms with E-state index in [4.69, 9.17) is 19.7 Å². The molecule has 1 aromatic rings. The van der Waals surface area contributed by atoms with Gasteiger partial charge in [0.2, 0.25) is 0 Å². The summed E-state index contributed by atoms with van der Waals surface area (Å²) in [5.74, 6) is -3.46. The molecular formula is C15H16O8. The van der Waals surface area contributed by atoms with Crippen molar-refractivity contribution in [3.8, 4) is 11.5 Å². The summed E-state index contributed by atoms with van der Waals surface area (Å²) in [4.78, 5) is 44.8. The van der Waals surface area contributed by atoms with Crippen molar-refractivity contribution in [2.24, 2.45) is 0 Å². The van der Waals surface area contributed by atoms with Crippen LogP contribution in [0.3, 0.4) is 0 Å². The second kappa shape index (κ2) is 7.39. The molecule has 0 saturated heterocycles. The van der Waals surface area contributed by atoms with Crippen molar-refractivity contribution in [2.45, 2.75) is 20.8 Å². The molecule has 0 radical (unpaired) electrons. The minimum absolute atomic E-state index is 0.0247. The lowest BCUT2D eigenvalue weighted by Crippen LogP contribution is -2.16. The summed E-state index contributed by atoms with van der Waals surface area (Å²) in [7, 11) is 0. The highest BCUT2D eigenvalue weighted by atomic mass is 16.5. The monoisotopic (exact) mass is 324 g/mol. The first kappa shape index (κ1) is 18.1. The first-order chi connectivity index (χ1) is 10.6. The maximum Gasteiger partial charge on any atom is 0.341 e. The molecule has 0 heterocycles. The van der Waals surface area contributed by atoms with Gasteiger partial charge in [0.25, 0.3) is 0 Å². The second-order valence-electron chi connectivity index (χ2n) is 4.73. The Balaban J connectivity index is 3.49. The first-order valence-electron chi connectivity index (χ1n) is 6.53. The summed E-state index contributed by atoms with van der Waals surface area (Å²) in [5.41, 5.74) is 0.235. The molecular weight excluding hydrogens is 308 g/mol. The van der Waals surface area contributed by atoms with Gasteiger partial charge in [0.1, 0.15) is 11.5 Å². The summed E-state index contributed by atoms with van der Waals surface area (Å²) in [6.45, 7) is 2.54. The van der Waals surface area contributed by atoms with E-state index in [0.29, 0.717) is 0 Å². The minimum Gasteiger partial charge on any atom is -0.481 e. The van der Waals surface area contributed by atoms with Crippen molar-refractivity contribution in [1.82, 2.24) is 0 Å². The fraction of sp³-hybridized carbons (Fsp3) is 0.333. The van der Waals surface area contributed by atoms with Crippen molar-refractivity contribution in [3.05, 3.63) is 22.8 Å². The molecule has 0 fully saturated rings. The number of ketones is 2. The van der Waals surface area contributed by atoms with E-state index < -0.39 is 36.7 Å². The number of ether oxygens (including phenoxy) is 2. The average Bonchev–Trinajstić information content (AvgIpc) is 2.42. The van der Waals surface area contributed by atoms with Crippen LogP contribution < -0.4 is 9.47 Å². The van der Waals surface area contributed by atoms with Crippen LogP contribution in [0.1, 0.15) is 40.1 Å². The number of rotatable bonds is 8. The highest BCUT2D eigenvalue weighted by Crippen LogP contribution is 2.36. The second-order valence-corrected chi connectivity index (χ2v) is 4.73. The van der Waals surface area contributed by atoms with Gasteiger partial charge in [-0.25, -0.2) is 9.59 Å². The zero-order valence-corrected chi connectivity index (χ0v) is 12.8. The van der Waals surface area contributed by atoms with Crippen LogP contribution in [0.4, 0.5) is 0 Å². The third-order valence-electron chi connectivity index (χ3n) is 2.90. The lowest BCUT2D eigenvalue weighted by molar-refractivity contribution is -0.140. The zero-order valence-electron chi connectivity index (χ0n) is 12.8. The maximum atomic E-state index is 11.7. The van der Waals surface area contributed by atoms with Crippen molar-refractivity contribution >= 4 is 23.5 Å². The number of carboxylic acid groups (broad SMARTS) is 2. The van der Waals surface area contributed by atoms with Gasteiger partial charge < -0.3 is 19.7 Å². The van der Waals surface area contributed by atoms with E-state index >= 15 is 0 Å². The van der Waals surface area contributed by atoms with E-state index in [0.717, 1.165) is 0 Å². The molecule has 8 nitrogen and oxygen atoms in total. The number of carbonyl (C=O) groups is 4. The molecule has 124 valence electrons. The molecule has 0 spiro atoms. The van der Waals surface area contributed by atoms with Gasteiger partial charge in [-0.1, -0.05) is 0 Å². The van der Waals surface area contributed by atoms with E-state index in [-0.39, 0.29) is 28.2 Å². The smallest absolute Gasteiger partial charge is 0.341 e. The summed E-state index contributed by atoms with van der Waals surface area (Å²) in [6.07, 6.45) is 0. The van der Waals surface area contributed by atoms with E-state index in [1.165, 1.54) is 26.8 Å². The van der Waals surface area contributed by atoms with Crippen molar-refractivity contribution in [2.75, 3.05) is 13.2 Å². The van der Waals surface area contributed by atoms with Crippen LogP contribution in [0, 0.1) is 6.92 Å². The summed E-state index contributed by atoms with van der Waals surface area (Å²) >= 11 is 0. The van der Waals surface area contributed by atoms with Gasteiger partial charge in [-0.2, -0.15) is 0 Å². The highest BCUT2D eigenvalue weighted by molar-refractivity contribution is 6.04. The number of carbonyl (C=O) groups excluding carboxylic acids is 2. The van der Waals surface area contributed by atoms with Crippen LogP contribution in [0.25, 0.3) is 0 Å². The fourth-order valence-corrected chi connectivity index (χ4v) is 1.95. The minimum atomic E-state index is -1.25. The maximum absolute atomic E-state index is 11.7. The van der Waals surface area contributed by atoms with Gasteiger partial charge in [0.15, 0.2) is 24.8 Å². The molecule has 1 rings (SSSR count). The molecule has 0 aliphatic carbocycles. The Morgan fingerprint density at radius 3 is 1.48 bits per heavy atom. The van der Waals surface area contributed by atoms with Crippen LogP contribution in [0.5, 0.6) is 11.5 Å². The highest BCUT2D eigenvalue weighted by Gasteiger charge is 2.23. The zero-order chi connectivity index (χ0) is 17.7. The molecule has 0 aliphatic rings. The average molecular weight is 324 g/mol. The van der Waals surface area contributed by atoms with Crippen molar-refractivity contribution < 1.29 is 38.9 Å². The number of carboxylic acids is 2. The van der Waals surface area contributed by atoms with E-state index in [1.807, 2.05) is 0 Å². The summed E-state index contributed by atoms with van der Waals surface area (Å²) in [5, 5.41) is 17.4. The number of benzene rings is 1. The molecule has 0 aliphatic heterocycles. The van der Waals surface area contributed by atoms with Crippen LogP contribution >= 0.6 is 0 Å². The van der Waals surface area contributed by atoms with Crippen LogP contribution in [-0.2, 0) is 9.59 Å². The number of hydrogen-bond acceptors (Lipinski definition) is 6. The van der Waals surface area contributed by atoms with Crippen LogP contribution in [0.2, 0.25) is 0 Å². The lowest BCUT2D eigenvalue weighted by Gasteiger charge is -2.18. The van der Waals surface area contributed by atoms with Gasteiger partial charge in [-0.3, -0.25) is 9.59 Å². The number of hydrogen-bond donors (Lipinski definition) is 2. The van der Waals surface area contributed by atoms with E-state index in [9.17, 15) is 19.2 Å².